The van der Waals surface area contributed by atoms with Crippen molar-refractivity contribution in [3.8, 4) is 0 Å². The number of nitrogens with zero attached hydrogens (tertiary/aromatic N) is 1. The number of aliphatic hydroxyl groups excluding tert-OH is 1. The number of carbonyl (C=O) groups is 1. The molecule has 1 aromatic heterocycles. The minimum absolute atomic E-state index is 0.0566. The Morgan fingerprint density at radius 3 is 2.74 bits per heavy atom. The van der Waals surface area contributed by atoms with Crippen molar-refractivity contribution in [3.05, 3.63) is 41.6 Å². The molecule has 1 unspecified atom stereocenters. The van der Waals surface area contributed by atoms with Gasteiger partial charge in [-0.25, -0.2) is 9.78 Å². The van der Waals surface area contributed by atoms with E-state index < -0.39 is 5.97 Å². The van der Waals surface area contributed by atoms with E-state index in [1.165, 1.54) is 18.9 Å². The van der Waals surface area contributed by atoms with E-state index in [0.29, 0.717) is 11.4 Å². The number of aromatic carboxylic acids is 1. The molecular weight excluding hydrogens is 242 g/mol. The van der Waals surface area contributed by atoms with Crippen molar-refractivity contribution in [2.75, 3.05) is 6.61 Å². The van der Waals surface area contributed by atoms with E-state index in [9.17, 15) is 9.90 Å². The summed E-state index contributed by atoms with van der Waals surface area (Å²) in [6.45, 7) is 0.164. The van der Waals surface area contributed by atoms with Crippen molar-refractivity contribution in [3.63, 3.8) is 0 Å². The molecule has 1 atom stereocenters. The zero-order chi connectivity index (χ0) is 13.4. The lowest BCUT2D eigenvalue weighted by Gasteiger charge is -2.14. The molecule has 1 aromatic carbocycles. The summed E-state index contributed by atoms with van der Waals surface area (Å²) in [5, 5.41) is 19.3. The second-order valence-electron chi connectivity index (χ2n) is 5.08. The average molecular weight is 257 g/mol. The van der Waals surface area contributed by atoms with E-state index in [1.807, 2.05) is 18.2 Å². The van der Waals surface area contributed by atoms with Crippen LogP contribution >= 0.6 is 0 Å². The number of benzene rings is 1. The molecular formula is C15H15NO3. The summed E-state index contributed by atoms with van der Waals surface area (Å²) < 4.78 is 0. The summed E-state index contributed by atoms with van der Waals surface area (Å²) in [5.74, 6) is -0.227. The van der Waals surface area contributed by atoms with Gasteiger partial charge in [0.05, 0.1) is 12.1 Å². The fourth-order valence-electron chi connectivity index (χ4n) is 2.52. The molecule has 0 amide bonds. The second-order valence-corrected chi connectivity index (χ2v) is 5.08. The van der Waals surface area contributed by atoms with Crippen LogP contribution < -0.4 is 0 Å². The van der Waals surface area contributed by atoms with E-state index in [4.69, 9.17) is 5.11 Å². The van der Waals surface area contributed by atoms with Crippen molar-refractivity contribution < 1.29 is 15.0 Å². The molecule has 0 aliphatic heterocycles. The van der Waals surface area contributed by atoms with Crippen molar-refractivity contribution in [2.45, 2.75) is 18.8 Å². The molecule has 3 rings (SSSR count). The third-order valence-electron chi connectivity index (χ3n) is 3.75. The summed E-state index contributed by atoms with van der Waals surface area (Å²) in [5.41, 5.74) is 1.85. The Morgan fingerprint density at radius 1 is 1.32 bits per heavy atom. The Labute approximate surface area is 110 Å². The zero-order valence-corrected chi connectivity index (χ0v) is 10.4. The number of pyridine rings is 1. The number of aliphatic hydroxyl groups is 1. The number of hydrogen-bond donors (Lipinski definition) is 2. The molecule has 0 spiro atoms. The van der Waals surface area contributed by atoms with Crippen molar-refractivity contribution >= 4 is 16.9 Å². The molecule has 0 radical (unpaired) electrons. The highest BCUT2D eigenvalue weighted by molar-refractivity contribution is 5.89. The summed E-state index contributed by atoms with van der Waals surface area (Å²) in [6.07, 6.45) is 2.36. The van der Waals surface area contributed by atoms with Gasteiger partial charge < -0.3 is 10.2 Å². The van der Waals surface area contributed by atoms with Crippen LogP contribution in [0.3, 0.4) is 0 Å². The Kier molecular flexibility index (Phi) is 2.95. The summed E-state index contributed by atoms with van der Waals surface area (Å²) in [6, 6.07) is 9.08. The third kappa shape index (κ3) is 2.31. The molecule has 1 heterocycles. The van der Waals surface area contributed by atoms with Gasteiger partial charge in [-0.15, -0.1) is 0 Å². The Hall–Kier alpha value is -1.94. The zero-order valence-electron chi connectivity index (χ0n) is 10.4. The van der Waals surface area contributed by atoms with E-state index in [-0.39, 0.29) is 18.2 Å². The van der Waals surface area contributed by atoms with Crippen LogP contribution in [0, 0.1) is 5.92 Å². The quantitative estimate of drug-likeness (QED) is 0.882. The largest absolute Gasteiger partial charge is 0.477 e. The second kappa shape index (κ2) is 4.63. The highest BCUT2D eigenvalue weighted by Gasteiger charge is 2.31. The standard InChI is InChI=1S/C15H15NO3/c17-8-12(9-1-2-9)10-3-5-13-11(7-10)4-6-14(16-13)15(18)19/h3-7,9,12,17H,1-2,8H2,(H,18,19). The van der Waals surface area contributed by atoms with Crippen LogP contribution in [-0.2, 0) is 0 Å². The number of carboxylic acids is 1. The van der Waals surface area contributed by atoms with Crippen LogP contribution in [-0.4, -0.2) is 27.8 Å². The molecule has 1 fully saturated rings. The molecule has 0 saturated heterocycles. The van der Waals surface area contributed by atoms with Crippen LogP contribution in [0.2, 0.25) is 0 Å². The van der Waals surface area contributed by atoms with Gasteiger partial charge in [0, 0.05) is 11.3 Å². The minimum atomic E-state index is -1.02. The normalized spacial score (nSPS) is 16.5. The molecule has 2 aromatic rings. The van der Waals surface area contributed by atoms with E-state index in [2.05, 4.69) is 4.98 Å². The van der Waals surface area contributed by atoms with Crippen LogP contribution in [0.4, 0.5) is 0 Å². The first kappa shape index (κ1) is 12.1. The van der Waals surface area contributed by atoms with Crippen molar-refractivity contribution in [2.24, 2.45) is 5.92 Å². The Balaban J connectivity index is 2.01. The number of rotatable bonds is 4. The van der Waals surface area contributed by atoms with Crippen LogP contribution in [0.25, 0.3) is 10.9 Å². The van der Waals surface area contributed by atoms with Crippen molar-refractivity contribution in [1.29, 1.82) is 0 Å². The first-order chi connectivity index (χ1) is 9.19. The van der Waals surface area contributed by atoms with Gasteiger partial charge in [0.15, 0.2) is 0 Å². The lowest BCUT2D eigenvalue weighted by atomic mass is 9.94. The fraction of sp³-hybridized carbons (Fsp3) is 0.333. The Bertz CT molecular complexity index is 634. The van der Waals surface area contributed by atoms with E-state index in [1.54, 1.807) is 6.07 Å². The summed E-state index contributed by atoms with van der Waals surface area (Å²) >= 11 is 0. The maximum Gasteiger partial charge on any atom is 0.354 e. The molecule has 2 N–H and O–H groups in total. The van der Waals surface area contributed by atoms with Crippen molar-refractivity contribution in [1.82, 2.24) is 4.98 Å². The summed E-state index contributed by atoms with van der Waals surface area (Å²) in [4.78, 5) is 15.0. The van der Waals surface area contributed by atoms with E-state index in [0.717, 1.165) is 10.9 Å². The fourth-order valence-corrected chi connectivity index (χ4v) is 2.52. The highest BCUT2D eigenvalue weighted by atomic mass is 16.4. The monoisotopic (exact) mass is 257 g/mol. The summed E-state index contributed by atoms with van der Waals surface area (Å²) in [7, 11) is 0. The lowest BCUT2D eigenvalue weighted by molar-refractivity contribution is 0.0691. The molecule has 4 nitrogen and oxygen atoms in total. The van der Waals surface area contributed by atoms with E-state index >= 15 is 0 Å². The predicted molar refractivity (Wildman–Crippen MR) is 71.3 cm³/mol. The molecule has 4 heteroatoms. The average Bonchev–Trinajstić information content (AvgIpc) is 3.23. The van der Waals surface area contributed by atoms with Gasteiger partial charge >= 0.3 is 5.97 Å². The molecule has 0 bridgehead atoms. The topological polar surface area (TPSA) is 70.4 Å². The number of fused-ring (bicyclic) bond motifs is 1. The Morgan fingerprint density at radius 2 is 2.11 bits per heavy atom. The van der Waals surface area contributed by atoms with Gasteiger partial charge in [0.1, 0.15) is 5.69 Å². The first-order valence-electron chi connectivity index (χ1n) is 6.44. The number of aromatic nitrogens is 1. The minimum Gasteiger partial charge on any atom is -0.477 e. The predicted octanol–water partition coefficient (Wildman–Crippen LogP) is 2.42. The lowest BCUT2D eigenvalue weighted by Crippen LogP contribution is -2.06. The first-order valence-corrected chi connectivity index (χ1v) is 6.44. The third-order valence-corrected chi connectivity index (χ3v) is 3.75. The molecule has 1 aliphatic carbocycles. The van der Waals surface area contributed by atoms with Gasteiger partial charge in [-0.2, -0.15) is 0 Å². The smallest absolute Gasteiger partial charge is 0.354 e. The highest BCUT2D eigenvalue weighted by Crippen LogP contribution is 2.42. The maximum atomic E-state index is 10.9. The van der Waals surface area contributed by atoms with Crippen LogP contribution in [0.5, 0.6) is 0 Å². The van der Waals surface area contributed by atoms with Gasteiger partial charge in [-0.05, 0) is 42.5 Å². The molecule has 1 aliphatic rings. The number of carboxylic acid groups (broad SMARTS) is 1. The SMILES string of the molecule is O=C(O)c1ccc2cc(C(CO)C3CC3)ccc2n1. The molecule has 19 heavy (non-hydrogen) atoms. The van der Waals surface area contributed by atoms with Gasteiger partial charge in [0.2, 0.25) is 0 Å². The molecule has 98 valence electrons. The van der Waals surface area contributed by atoms with Gasteiger partial charge in [-0.1, -0.05) is 12.1 Å². The van der Waals surface area contributed by atoms with Gasteiger partial charge in [0.25, 0.3) is 0 Å². The number of hydrogen-bond acceptors (Lipinski definition) is 3. The van der Waals surface area contributed by atoms with Gasteiger partial charge in [-0.3, -0.25) is 0 Å². The van der Waals surface area contributed by atoms with Crippen LogP contribution in [0.1, 0.15) is 34.8 Å². The molecule has 1 saturated carbocycles. The van der Waals surface area contributed by atoms with Crippen LogP contribution in [0.15, 0.2) is 30.3 Å². The maximum absolute atomic E-state index is 10.9.